The van der Waals surface area contributed by atoms with E-state index in [1.54, 1.807) is 13.8 Å². The summed E-state index contributed by atoms with van der Waals surface area (Å²) in [7, 11) is -1.68. The maximum absolute atomic E-state index is 12.3. The Morgan fingerprint density at radius 2 is 1.84 bits per heavy atom. The maximum atomic E-state index is 12.3. The molecule has 1 atom stereocenters. The van der Waals surface area contributed by atoms with E-state index in [0.29, 0.717) is 4.47 Å². The summed E-state index contributed by atoms with van der Waals surface area (Å²) < 4.78 is 30.3. The van der Waals surface area contributed by atoms with Crippen molar-refractivity contribution in [1.82, 2.24) is 9.79 Å². The fourth-order valence-electron chi connectivity index (χ4n) is 1.75. The Morgan fingerprint density at radius 1 is 1.24 bits per heavy atom. The molecule has 0 radical (unpaired) electrons. The number of carbonyl (C=O) groups excluding carboxylic acids is 2. The number of benzene rings is 1. The molecule has 10 heteroatoms. The molecule has 1 aromatic carbocycles. The summed E-state index contributed by atoms with van der Waals surface area (Å²) in [6.07, 6.45) is -1.03. The molecule has 140 valence electrons. The van der Waals surface area contributed by atoms with Crippen LogP contribution in [0.25, 0.3) is 0 Å². The second-order valence-electron chi connectivity index (χ2n) is 5.45. The van der Waals surface area contributed by atoms with Crippen molar-refractivity contribution in [3.8, 4) is 0 Å². The van der Waals surface area contributed by atoms with Gasteiger partial charge in [0.2, 0.25) is 0 Å². The van der Waals surface area contributed by atoms with Crippen molar-refractivity contribution in [3.05, 3.63) is 28.8 Å². The summed E-state index contributed by atoms with van der Waals surface area (Å²) in [5.74, 6) is -1.30. The first-order chi connectivity index (χ1) is 11.5. The van der Waals surface area contributed by atoms with E-state index in [0.717, 1.165) is 6.07 Å². The zero-order valence-electron chi connectivity index (χ0n) is 14.6. The van der Waals surface area contributed by atoms with E-state index in [1.807, 2.05) is 0 Å². The van der Waals surface area contributed by atoms with Gasteiger partial charge in [0.15, 0.2) is 6.10 Å². The lowest BCUT2D eigenvalue weighted by Crippen LogP contribution is -2.39. The van der Waals surface area contributed by atoms with E-state index in [1.165, 1.54) is 33.2 Å². The van der Waals surface area contributed by atoms with Gasteiger partial charge < -0.3 is 10.1 Å². The van der Waals surface area contributed by atoms with Crippen LogP contribution in [0, 0.1) is 0 Å². The van der Waals surface area contributed by atoms with Crippen LogP contribution in [0.1, 0.15) is 31.1 Å². The molecule has 0 aliphatic carbocycles. The van der Waals surface area contributed by atoms with Gasteiger partial charge in [0.05, 0.1) is 17.7 Å². The minimum absolute atomic E-state index is 0.0586. The monoisotopic (exact) mass is 392 g/mol. The first kappa shape index (κ1) is 21.4. The van der Waals surface area contributed by atoms with Crippen molar-refractivity contribution in [2.24, 2.45) is 0 Å². The molecule has 0 fully saturated rings. The molecule has 1 rings (SSSR count). The van der Waals surface area contributed by atoms with Crippen LogP contribution in [-0.4, -0.2) is 51.1 Å². The Hall–Kier alpha value is -1.68. The molecule has 0 aromatic heterocycles. The lowest BCUT2D eigenvalue weighted by molar-refractivity contribution is -0.129. The van der Waals surface area contributed by atoms with Crippen LogP contribution in [0.15, 0.2) is 23.1 Å². The highest BCUT2D eigenvalue weighted by atomic mass is 35.5. The van der Waals surface area contributed by atoms with Gasteiger partial charge in [-0.15, -0.1) is 0 Å². The van der Waals surface area contributed by atoms with Crippen molar-refractivity contribution in [2.45, 2.75) is 37.8 Å². The molecule has 0 spiro atoms. The molecule has 0 aliphatic heterocycles. The van der Waals surface area contributed by atoms with Gasteiger partial charge in [0, 0.05) is 13.1 Å². The SMILES string of the molecule is CON(C)S(=O)(=O)c1cc(C(=O)O[C@H](C)C(=O)NC(C)C)ccc1Cl. The first-order valence-corrected chi connectivity index (χ1v) is 9.16. The van der Waals surface area contributed by atoms with Crippen LogP contribution < -0.4 is 5.32 Å². The molecule has 0 aliphatic rings. The molecule has 1 aromatic rings. The number of amides is 1. The van der Waals surface area contributed by atoms with Gasteiger partial charge in [-0.05, 0) is 39.0 Å². The Morgan fingerprint density at radius 3 is 2.36 bits per heavy atom. The van der Waals surface area contributed by atoms with Crippen LogP contribution in [-0.2, 0) is 24.4 Å². The molecular weight excluding hydrogens is 372 g/mol. The first-order valence-electron chi connectivity index (χ1n) is 7.34. The van der Waals surface area contributed by atoms with Crippen LogP contribution in [0.3, 0.4) is 0 Å². The number of hydrogen-bond acceptors (Lipinski definition) is 6. The highest BCUT2D eigenvalue weighted by Crippen LogP contribution is 2.25. The summed E-state index contributed by atoms with van der Waals surface area (Å²) in [5.41, 5.74) is -0.0586. The lowest BCUT2D eigenvalue weighted by atomic mass is 10.2. The molecule has 1 N–H and O–H groups in total. The third-order valence-electron chi connectivity index (χ3n) is 3.12. The van der Waals surface area contributed by atoms with E-state index >= 15 is 0 Å². The Labute approximate surface area is 152 Å². The van der Waals surface area contributed by atoms with Gasteiger partial charge in [0.1, 0.15) is 4.90 Å². The number of nitrogens with one attached hydrogen (secondary N) is 1. The number of hydrogen-bond donors (Lipinski definition) is 1. The predicted molar refractivity (Wildman–Crippen MR) is 91.6 cm³/mol. The zero-order valence-corrected chi connectivity index (χ0v) is 16.1. The normalized spacial score (nSPS) is 13.0. The molecule has 0 heterocycles. The summed E-state index contributed by atoms with van der Waals surface area (Å²) in [4.78, 5) is 28.4. The van der Waals surface area contributed by atoms with Crippen LogP contribution in [0.4, 0.5) is 0 Å². The van der Waals surface area contributed by atoms with Crippen LogP contribution in [0.5, 0.6) is 0 Å². The number of rotatable bonds is 7. The Bertz CT molecular complexity index is 750. The van der Waals surface area contributed by atoms with E-state index in [2.05, 4.69) is 10.2 Å². The fraction of sp³-hybridized carbons (Fsp3) is 0.467. The van der Waals surface area contributed by atoms with E-state index in [9.17, 15) is 18.0 Å². The molecule has 25 heavy (non-hydrogen) atoms. The molecule has 0 bridgehead atoms. The minimum Gasteiger partial charge on any atom is -0.449 e. The summed E-state index contributed by atoms with van der Waals surface area (Å²) in [6.45, 7) is 4.96. The second-order valence-corrected chi connectivity index (χ2v) is 7.76. The largest absolute Gasteiger partial charge is 0.449 e. The van der Waals surface area contributed by atoms with Gasteiger partial charge in [-0.2, -0.15) is 0 Å². The van der Waals surface area contributed by atoms with Crippen LogP contribution in [0.2, 0.25) is 5.02 Å². The Kier molecular flexibility index (Phi) is 7.36. The molecule has 1 amide bonds. The smallest absolute Gasteiger partial charge is 0.338 e. The number of esters is 1. The van der Waals surface area contributed by atoms with Gasteiger partial charge in [0.25, 0.3) is 15.9 Å². The van der Waals surface area contributed by atoms with E-state index in [4.69, 9.17) is 16.3 Å². The van der Waals surface area contributed by atoms with Crippen molar-refractivity contribution in [2.75, 3.05) is 14.2 Å². The number of sulfonamides is 1. The molecule has 0 saturated heterocycles. The molecular formula is C15H21ClN2O6S. The van der Waals surface area contributed by atoms with Gasteiger partial charge in [-0.3, -0.25) is 9.63 Å². The predicted octanol–water partition coefficient (Wildman–Crippen LogP) is 1.59. The van der Waals surface area contributed by atoms with Gasteiger partial charge >= 0.3 is 5.97 Å². The number of carbonyl (C=O) groups is 2. The third-order valence-corrected chi connectivity index (χ3v) is 5.29. The summed E-state index contributed by atoms with van der Waals surface area (Å²) >= 11 is 5.92. The van der Waals surface area contributed by atoms with Gasteiger partial charge in [-0.25, -0.2) is 13.2 Å². The van der Waals surface area contributed by atoms with Crippen LogP contribution >= 0.6 is 11.6 Å². The topological polar surface area (TPSA) is 102 Å². The highest BCUT2D eigenvalue weighted by Gasteiger charge is 2.26. The minimum atomic E-state index is -4.04. The van der Waals surface area contributed by atoms with Crippen molar-refractivity contribution >= 4 is 33.5 Å². The molecule has 8 nitrogen and oxygen atoms in total. The van der Waals surface area contributed by atoms with Crippen molar-refractivity contribution in [1.29, 1.82) is 0 Å². The summed E-state index contributed by atoms with van der Waals surface area (Å²) in [5, 5.41) is 2.53. The number of ether oxygens (including phenoxy) is 1. The quantitative estimate of drug-likeness (QED) is 0.558. The van der Waals surface area contributed by atoms with Gasteiger partial charge in [-0.1, -0.05) is 16.1 Å². The molecule has 0 saturated carbocycles. The van der Waals surface area contributed by atoms with E-state index < -0.39 is 28.0 Å². The maximum Gasteiger partial charge on any atom is 0.338 e. The standard InChI is InChI=1S/C15H21ClN2O6S/c1-9(2)17-14(19)10(3)24-15(20)11-6-7-12(16)13(8-11)25(21,22)18(4)23-5/h6-10H,1-5H3,(H,17,19)/t10-/m1/s1. The lowest BCUT2D eigenvalue weighted by Gasteiger charge is -2.17. The van der Waals surface area contributed by atoms with Crippen molar-refractivity contribution in [3.63, 3.8) is 0 Å². The van der Waals surface area contributed by atoms with Crippen molar-refractivity contribution < 1.29 is 27.6 Å². The number of halogens is 1. The number of nitrogens with zero attached hydrogens (tertiary/aromatic N) is 1. The molecule has 0 unspecified atom stereocenters. The average Bonchev–Trinajstić information content (AvgIpc) is 2.53. The Balaban J connectivity index is 3.06. The number of hydroxylamine groups is 1. The second kappa shape index (κ2) is 8.61. The van der Waals surface area contributed by atoms with E-state index in [-0.39, 0.29) is 21.5 Å². The highest BCUT2D eigenvalue weighted by molar-refractivity contribution is 7.89. The zero-order chi connectivity index (χ0) is 19.4. The third kappa shape index (κ3) is 5.40. The average molecular weight is 393 g/mol. The summed E-state index contributed by atoms with van der Waals surface area (Å²) in [6, 6.07) is 3.53. The fourth-order valence-corrected chi connectivity index (χ4v) is 3.22.